The number of benzene rings is 2. The molecule has 1 aliphatic rings. The van der Waals surface area contributed by atoms with Crippen LogP contribution in [0.3, 0.4) is 0 Å². The summed E-state index contributed by atoms with van der Waals surface area (Å²) in [6.07, 6.45) is 5.16. The van der Waals surface area contributed by atoms with E-state index in [2.05, 4.69) is 45.5 Å². The molecule has 2 amide bonds. The smallest absolute Gasteiger partial charge is 0.242 e. The summed E-state index contributed by atoms with van der Waals surface area (Å²) in [5, 5.41) is 3.16. The lowest BCUT2D eigenvalue weighted by Gasteiger charge is -2.29. The number of hydrogen-bond acceptors (Lipinski definition) is 3. The first-order chi connectivity index (χ1) is 15.0. The number of rotatable bonds is 10. The maximum Gasteiger partial charge on any atom is 0.242 e. The summed E-state index contributed by atoms with van der Waals surface area (Å²) in [6.45, 7) is 2.40. The van der Waals surface area contributed by atoms with Crippen LogP contribution in [-0.2, 0) is 21.8 Å². The zero-order valence-corrected chi connectivity index (χ0v) is 20.5. The minimum absolute atomic E-state index is 0.0205. The van der Waals surface area contributed by atoms with Crippen molar-refractivity contribution in [3.63, 3.8) is 0 Å². The van der Waals surface area contributed by atoms with Crippen LogP contribution < -0.4 is 5.32 Å². The largest absolute Gasteiger partial charge is 0.352 e. The van der Waals surface area contributed by atoms with E-state index in [1.54, 1.807) is 16.7 Å². The van der Waals surface area contributed by atoms with Gasteiger partial charge in [0.2, 0.25) is 11.8 Å². The second-order valence-electron chi connectivity index (χ2n) is 8.11. The summed E-state index contributed by atoms with van der Waals surface area (Å²) in [6, 6.07) is 18.1. The van der Waals surface area contributed by atoms with Crippen LogP contribution in [0.5, 0.6) is 0 Å². The van der Waals surface area contributed by atoms with Gasteiger partial charge in [0.25, 0.3) is 0 Å². The highest BCUT2D eigenvalue weighted by Crippen LogP contribution is 2.19. The fraction of sp³-hybridized carbons (Fsp3) is 0.440. The van der Waals surface area contributed by atoms with Gasteiger partial charge in [0.05, 0.1) is 5.75 Å². The molecule has 166 valence electrons. The third kappa shape index (κ3) is 7.69. The van der Waals surface area contributed by atoms with Gasteiger partial charge < -0.3 is 10.2 Å². The van der Waals surface area contributed by atoms with Crippen molar-refractivity contribution in [3.8, 4) is 0 Å². The molecule has 6 heteroatoms. The standard InChI is InChI=1S/C25H31BrN2O2S/c1-19(25(30)27-23-9-5-6-10-23)28(16-15-20-7-3-2-4-8-20)24(29)18-31-17-21-11-13-22(26)14-12-21/h2-4,7-8,11-14,19,23H,5-6,9-10,15-18H2,1H3,(H,27,30). The average Bonchev–Trinajstić information content (AvgIpc) is 3.29. The molecule has 0 aliphatic heterocycles. The Bertz CT molecular complexity index is 838. The number of nitrogens with one attached hydrogen (secondary N) is 1. The van der Waals surface area contributed by atoms with Crippen LogP contribution in [-0.4, -0.2) is 41.1 Å². The molecular weight excluding hydrogens is 472 g/mol. The Morgan fingerprint density at radius 2 is 1.74 bits per heavy atom. The molecule has 1 unspecified atom stereocenters. The molecule has 0 aromatic heterocycles. The van der Waals surface area contributed by atoms with Crippen molar-refractivity contribution in [2.75, 3.05) is 12.3 Å². The molecule has 4 nitrogen and oxygen atoms in total. The second kappa shape index (κ2) is 12.3. The molecule has 3 rings (SSSR count). The third-order valence-corrected chi connectivity index (χ3v) is 7.28. The Balaban J connectivity index is 1.59. The molecule has 0 bridgehead atoms. The van der Waals surface area contributed by atoms with Crippen molar-refractivity contribution in [3.05, 3.63) is 70.2 Å². The zero-order valence-electron chi connectivity index (χ0n) is 18.1. The van der Waals surface area contributed by atoms with Gasteiger partial charge in [0.15, 0.2) is 0 Å². The van der Waals surface area contributed by atoms with Crippen LogP contribution >= 0.6 is 27.7 Å². The van der Waals surface area contributed by atoms with Gasteiger partial charge in [-0.15, -0.1) is 11.8 Å². The van der Waals surface area contributed by atoms with Crippen LogP contribution in [0.25, 0.3) is 0 Å². The first-order valence-corrected chi connectivity index (χ1v) is 12.9. The SMILES string of the molecule is CC(C(=O)NC1CCCC1)N(CCc1ccccc1)C(=O)CSCc1ccc(Br)cc1. The topological polar surface area (TPSA) is 49.4 Å². The van der Waals surface area contributed by atoms with E-state index >= 15 is 0 Å². The number of nitrogens with zero attached hydrogens (tertiary/aromatic N) is 1. The molecule has 1 atom stereocenters. The Labute approximate surface area is 198 Å². The first-order valence-electron chi connectivity index (χ1n) is 11.0. The molecule has 2 aromatic rings. The maximum atomic E-state index is 13.1. The normalized spacial score (nSPS) is 14.9. The highest BCUT2D eigenvalue weighted by molar-refractivity contribution is 9.10. The number of thioether (sulfide) groups is 1. The monoisotopic (exact) mass is 502 g/mol. The van der Waals surface area contributed by atoms with Gasteiger partial charge in [-0.2, -0.15) is 0 Å². The summed E-state index contributed by atoms with van der Waals surface area (Å²) >= 11 is 5.04. The summed E-state index contributed by atoms with van der Waals surface area (Å²) in [5.74, 6) is 1.12. The Morgan fingerprint density at radius 3 is 2.42 bits per heavy atom. The van der Waals surface area contributed by atoms with E-state index in [1.165, 1.54) is 24.0 Å². The third-order valence-electron chi connectivity index (χ3n) is 5.76. The highest BCUT2D eigenvalue weighted by Gasteiger charge is 2.28. The Morgan fingerprint density at radius 1 is 1.06 bits per heavy atom. The predicted molar refractivity (Wildman–Crippen MR) is 132 cm³/mol. The van der Waals surface area contributed by atoms with Gasteiger partial charge in [-0.25, -0.2) is 0 Å². The quantitative estimate of drug-likeness (QED) is 0.485. The van der Waals surface area contributed by atoms with Gasteiger partial charge in [0.1, 0.15) is 6.04 Å². The van der Waals surface area contributed by atoms with Crippen LogP contribution in [0.2, 0.25) is 0 Å². The lowest BCUT2D eigenvalue weighted by atomic mass is 10.1. The van der Waals surface area contributed by atoms with Crippen molar-refractivity contribution in [1.29, 1.82) is 0 Å². The number of hydrogen-bond donors (Lipinski definition) is 1. The van der Waals surface area contributed by atoms with Crippen molar-refractivity contribution in [2.24, 2.45) is 0 Å². The van der Waals surface area contributed by atoms with E-state index in [-0.39, 0.29) is 17.9 Å². The Kier molecular flexibility index (Phi) is 9.47. The van der Waals surface area contributed by atoms with E-state index in [9.17, 15) is 9.59 Å². The molecule has 0 spiro atoms. The van der Waals surface area contributed by atoms with Crippen LogP contribution in [0.15, 0.2) is 59.1 Å². The van der Waals surface area contributed by atoms with Gasteiger partial charge >= 0.3 is 0 Å². The molecule has 1 N–H and O–H groups in total. The highest BCUT2D eigenvalue weighted by atomic mass is 79.9. The molecule has 1 fully saturated rings. The van der Waals surface area contributed by atoms with Gasteiger partial charge in [-0.05, 0) is 49.4 Å². The fourth-order valence-corrected chi connectivity index (χ4v) is 5.02. The number of halogens is 1. The average molecular weight is 504 g/mol. The summed E-state index contributed by atoms with van der Waals surface area (Å²) in [5.41, 5.74) is 2.36. The number of amides is 2. The number of carbonyl (C=O) groups excluding carboxylic acids is 2. The molecule has 1 aliphatic carbocycles. The molecule has 2 aromatic carbocycles. The van der Waals surface area contributed by atoms with E-state index in [1.807, 2.05) is 37.3 Å². The molecule has 31 heavy (non-hydrogen) atoms. The predicted octanol–water partition coefficient (Wildman–Crippen LogP) is 5.20. The van der Waals surface area contributed by atoms with E-state index < -0.39 is 6.04 Å². The van der Waals surface area contributed by atoms with E-state index in [0.717, 1.165) is 29.5 Å². The second-order valence-corrected chi connectivity index (χ2v) is 10.0. The van der Waals surface area contributed by atoms with Crippen LogP contribution in [0, 0.1) is 0 Å². The minimum Gasteiger partial charge on any atom is -0.352 e. The molecule has 0 saturated heterocycles. The van der Waals surface area contributed by atoms with Crippen LogP contribution in [0.4, 0.5) is 0 Å². The van der Waals surface area contributed by atoms with E-state index in [4.69, 9.17) is 0 Å². The number of carbonyl (C=O) groups is 2. The lowest BCUT2D eigenvalue weighted by molar-refractivity contribution is -0.138. The van der Waals surface area contributed by atoms with Crippen molar-refractivity contribution in [2.45, 2.75) is 56.9 Å². The minimum atomic E-state index is -0.468. The summed E-state index contributed by atoms with van der Waals surface area (Å²) < 4.78 is 1.05. The maximum absolute atomic E-state index is 13.1. The van der Waals surface area contributed by atoms with Crippen molar-refractivity contribution in [1.82, 2.24) is 10.2 Å². The fourth-order valence-electron chi connectivity index (χ4n) is 3.88. The first kappa shape index (κ1) is 23.9. The summed E-state index contributed by atoms with van der Waals surface area (Å²) in [7, 11) is 0. The molecule has 0 heterocycles. The van der Waals surface area contributed by atoms with Gasteiger partial charge in [-0.3, -0.25) is 9.59 Å². The molecule has 0 radical (unpaired) electrons. The summed E-state index contributed by atoms with van der Waals surface area (Å²) in [4.78, 5) is 27.7. The zero-order chi connectivity index (χ0) is 22.1. The van der Waals surface area contributed by atoms with Crippen molar-refractivity contribution >= 4 is 39.5 Å². The lowest BCUT2D eigenvalue weighted by Crippen LogP contribution is -2.51. The Hall–Kier alpha value is -1.79. The van der Waals surface area contributed by atoms with E-state index in [0.29, 0.717) is 12.3 Å². The molecular formula is C25H31BrN2O2S. The molecule has 1 saturated carbocycles. The van der Waals surface area contributed by atoms with Gasteiger partial charge in [0, 0.05) is 22.8 Å². The van der Waals surface area contributed by atoms with Crippen LogP contribution in [0.1, 0.15) is 43.7 Å². The van der Waals surface area contributed by atoms with Gasteiger partial charge in [-0.1, -0.05) is 71.2 Å². The van der Waals surface area contributed by atoms with Crippen molar-refractivity contribution < 1.29 is 9.59 Å².